The Morgan fingerprint density at radius 2 is 2.04 bits per heavy atom. The van der Waals surface area contributed by atoms with E-state index in [-0.39, 0.29) is 23.2 Å². The molecule has 2 saturated heterocycles. The number of hydrogen-bond acceptors (Lipinski definition) is 5. The van der Waals surface area contributed by atoms with Crippen LogP contribution in [0.3, 0.4) is 0 Å². The number of rotatable bonds is 2. The predicted octanol–water partition coefficient (Wildman–Crippen LogP) is 1.74. The zero-order valence-corrected chi connectivity index (χ0v) is 12.6. The normalized spacial score (nSPS) is 34.3. The number of carbonyl (C=O) groups excluding carboxylic acids is 2. The van der Waals surface area contributed by atoms with Gasteiger partial charge >= 0.3 is 0 Å². The van der Waals surface area contributed by atoms with E-state index in [2.05, 4.69) is 0 Å². The van der Waals surface area contributed by atoms with E-state index in [0.29, 0.717) is 5.56 Å². The molecule has 3 heterocycles. The maximum absolute atomic E-state index is 12.8. The lowest BCUT2D eigenvalue weighted by Gasteiger charge is -2.24. The van der Waals surface area contributed by atoms with E-state index < -0.39 is 28.5 Å². The van der Waals surface area contributed by atoms with Crippen molar-refractivity contribution < 1.29 is 19.2 Å². The summed E-state index contributed by atoms with van der Waals surface area (Å²) in [7, 11) is 0. The summed E-state index contributed by atoms with van der Waals surface area (Å²) in [4.78, 5) is 37.2. The molecule has 2 fully saturated rings. The number of aryl methyl sites for hydroxylation is 1. The minimum atomic E-state index is -0.770. The number of anilines is 1. The molecule has 2 bridgehead atoms. The molecule has 2 amide bonds. The summed E-state index contributed by atoms with van der Waals surface area (Å²) in [6.45, 7) is 3.41. The summed E-state index contributed by atoms with van der Waals surface area (Å²) in [5, 5.41) is 11.1. The molecule has 4 atom stereocenters. The fourth-order valence-corrected chi connectivity index (χ4v) is 3.84. The van der Waals surface area contributed by atoms with E-state index in [9.17, 15) is 19.7 Å². The quantitative estimate of drug-likeness (QED) is 0.359. The van der Waals surface area contributed by atoms with Gasteiger partial charge in [0, 0.05) is 11.6 Å². The van der Waals surface area contributed by atoms with Crippen LogP contribution in [0, 0.1) is 28.9 Å². The van der Waals surface area contributed by atoms with Gasteiger partial charge < -0.3 is 4.74 Å². The van der Waals surface area contributed by atoms with Crippen molar-refractivity contribution in [3.05, 3.63) is 46.0 Å². The Morgan fingerprint density at radius 3 is 2.70 bits per heavy atom. The molecule has 0 N–H and O–H groups in total. The van der Waals surface area contributed by atoms with Gasteiger partial charge in [-0.05, 0) is 19.9 Å². The van der Waals surface area contributed by atoms with Gasteiger partial charge in [0.05, 0.1) is 34.2 Å². The minimum absolute atomic E-state index is 0.108. The van der Waals surface area contributed by atoms with Gasteiger partial charge in [0.1, 0.15) is 0 Å². The number of hydrogen-bond donors (Lipinski definition) is 0. The second-order valence-electron chi connectivity index (χ2n) is 6.37. The van der Waals surface area contributed by atoms with Gasteiger partial charge in [-0.1, -0.05) is 18.2 Å². The summed E-state index contributed by atoms with van der Waals surface area (Å²) < 4.78 is 5.75. The molecular formula is C16H14N2O5. The summed E-state index contributed by atoms with van der Waals surface area (Å²) >= 11 is 0. The van der Waals surface area contributed by atoms with E-state index in [1.54, 1.807) is 26.0 Å². The van der Waals surface area contributed by atoms with Gasteiger partial charge in [-0.25, -0.2) is 4.90 Å². The molecule has 0 aromatic heterocycles. The molecule has 3 aliphatic heterocycles. The third-order valence-corrected chi connectivity index (χ3v) is 4.98. The first-order chi connectivity index (χ1) is 10.8. The third-order valence-electron chi connectivity index (χ3n) is 4.98. The number of amides is 2. The Kier molecular flexibility index (Phi) is 2.61. The Morgan fingerprint density at radius 1 is 1.30 bits per heavy atom. The Bertz CT molecular complexity index is 802. The van der Waals surface area contributed by atoms with Crippen LogP contribution < -0.4 is 4.90 Å². The van der Waals surface area contributed by atoms with Crippen LogP contribution in [0.15, 0.2) is 30.4 Å². The molecule has 23 heavy (non-hydrogen) atoms. The maximum atomic E-state index is 12.8. The van der Waals surface area contributed by atoms with Crippen LogP contribution >= 0.6 is 0 Å². The SMILES string of the molecule is Cc1ccc(N2C(=O)C3C4C=CC(C)(O4)C3C2=O)cc1[N+](=O)[O-]. The minimum Gasteiger partial charge on any atom is -0.362 e. The number of carbonyl (C=O) groups is 2. The van der Waals surface area contributed by atoms with Crippen LogP contribution in [0.25, 0.3) is 0 Å². The summed E-state index contributed by atoms with van der Waals surface area (Å²) in [6, 6.07) is 4.40. The van der Waals surface area contributed by atoms with Crippen molar-refractivity contribution in [2.75, 3.05) is 4.90 Å². The Balaban J connectivity index is 1.78. The highest BCUT2D eigenvalue weighted by Gasteiger charge is 2.66. The third kappa shape index (κ3) is 1.68. The van der Waals surface area contributed by atoms with E-state index in [4.69, 9.17) is 4.74 Å². The summed E-state index contributed by atoms with van der Waals surface area (Å²) in [6.07, 6.45) is 3.24. The highest BCUT2D eigenvalue weighted by Crippen LogP contribution is 2.52. The van der Waals surface area contributed by atoms with Gasteiger partial charge in [0.15, 0.2) is 0 Å². The second kappa shape index (κ2) is 4.26. The van der Waals surface area contributed by atoms with Crippen LogP contribution in [-0.4, -0.2) is 28.4 Å². The Labute approximate surface area is 131 Å². The number of ether oxygens (including phenoxy) is 1. The molecule has 0 aliphatic carbocycles. The van der Waals surface area contributed by atoms with Gasteiger partial charge in [0.2, 0.25) is 11.8 Å². The lowest BCUT2D eigenvalue weighted by molar-refractivity contribution is -0.385. The first-order valence-corrected chi connectivity index (χ1v) is 7.33. The van der Waals surface area contributed by atoms with Gasteiger partial charge in [-0.3, -0.25) is 19.7 Å². The van der Waals surface area contributed by atoms with Crippen LogP contribution in [0.1, 0.15) is 12.5 Å². The van der Waals surface area contributed by atoms with Crippen molar-refractivity contribution in [2.45, 2.75) is 25.6 Å². The number of benzene rings is 1. The molecule has 0 spiro atoms. The molecular weight excluding hydrogens is 300 g/mol. The van der Waals surface area contributed by atoms with Crippen molar-refractivity contribution >= 4 is 23.2 Å². The van der Waals surface area contributed by atoms with Crippen LogP contribution in [0.4, 0.5) is 11.4 Å². The fraction of sp³-hybridized carbons (Fsp3) is 0.375. The summed E-state index contributed by atoms with van der Waals surface area (Å²) in [5.74, 6) is -1.81. The number of nitro groups is 1. The van der Waals surface area contributed by atoms with Crippen LogP contribution in [0.5, 0.6) is 0 Å². The number of nitro benzene ring substituents is 1. The smallest absolute Gasteiger partial charge is 0.274 e. The molecule has 0 radical (unpaired) electrons. The second-order valence-corrected chi connectivity index (χ2v) is 6.37. The van der Waals surface area contributed by atoms with E-state index in [0.717, 1.165) is 4.90 Å². The molecule has 3 aliphatic rings. The van der Waals surface area contributed by atoms with Crippen molar-refractivity contribution in [3.63, 3.8) is 0 Å². The van der Waals surface area contributed by atoms with Gasteiger partial charge in [-0.2, -0.15) is 0 Å². The van der Waals surface area contributed by atoms with E-state index in [1.807, 2.05) is 12.2 Å². The number of fused-ring (bicyclic) bond motifs is 5. The first kappa shape index (κ1) is 14.1. The maximum Gasteiger partial charge on any atom is 0.274 e. The lowest BCUT2D eigenvalue weighted by atomic mass is 9.78. The van der Waals surface area contributed by atoms with E-state index >= 15 is 0 Å². The van der Waals surface area contributed by atoms with Crippen LogP contribution in [-0.2, 0) is 14.3 Å². The molecule has 1 aromatic carbocycles. The van der Waals surface area contributed by atoms with Gasteiger partial charge in [0.25, 0.3) is 5.69 Å². The lowest BCUT2D eigenvalue weighted by Crippen LogP contribution is -2.38. The van der Waals surface area contributed by atoms with Crippen molar-refractivity contribution in [3.8, 4) is 0 Å². The van der Waals surface area contributed by atoms with Crippen molar-refractivity contribution in [1.29, 1.82) is 0 Å². The summed E-state index contributed by atoms with van der Waals surface area (Å²) in [5.41, 5.74) is -0.151. The monoisotopic (exact) mass is 314 g/mol. The van der Waals surface area contributed by atoms with Crippen LogP contribution in [0.2, 0.25) is 0 Å². The van der Waals surface area contributed by atoms with Crippen molar-refractivity contribution in [2.24, 2.45) is 11.8 Å². The van der Waals surface area contributed by atoms with Crippen molar-refractivity contribution in [1.82, 2.24) is 0 Å². The molecule has 4 rings (SSSR count). The molecule has 4 unspecified atom stereocenters. The zero-order chi connectivity index (χ0) is 16.5. The standard InChI is InChI=1S/C16H14N2O5/c1-8-3-4-9(7-10(8)18(21)22)17-14(19)12-11-5-6-16(2,23-11)13(12)15(17)20/h3-7,11-13H,1-2H3. The fourth-order valence-electron chi connectivity index (χ4n) is 3.84. The molecule has 7 heteroatoms. The predicted molar refractivity (Wildman–Crippen MR) is 79.7 cm³/mol. The molecule has 7 nitrogen and oxygen atoms in total. The highest BCUT2D eigenvalue weighted by molar-refractivity contribution is 6.23. The van der Waals surface area contributed by atoms with Gasteiger partial charge in [-0.15, -0.1) is 0 Å². The molecule has 0 saturated carbocycles. The molecule has 118 valence electrons. The van der Waals surface area contributed by atoms with E-state index in [1.165, 1.54) is 6.07 Å². The Hall–Kier alpha value is -2.54. The average molecular weight is 314 g/mol. The largest absolute Gasteiger partial charge is 0.362 e. The molecule has 1 aromatic rings. The zero-order valence-electron chi connectivity index (χ0n) is 12.6. The topological polar surface area (TPSA) is 89.8 Å². The number of imide groups is 1. The highest BCUT2D eigenvalue weighted by atomic mass is 16.6. The first-order valence-electron chi connectivity index (χ1n) is 7.33. The number of nitrogens with zero attached hydrogens (tertiary/aromatic N) is 2. The average Bonchev–Trinajstić information content (AvgIpc) is 3.09.